The summed E-state index contributed by atoms with van der Waals surface area (Å²) in [4.78, 5) is 10.6. The molecule has 1 heterocycles. The van der Waals surface area contributed by atoms with Crippen LogP contribution in [0.15, 0.2) is 36.7 Å². The molecule has 0 aliphatic carbocycles. The molecule has 0 spiro atoms. The predicted octanol–water partition coefficient (Wildman–Crippen LogP) is 2.51. The lowest BCUT2D eigenvalue weighted by molar-refractivity contribution is 0.0697. The molecule has 0 atom stereocenters. The van der Waals surface area contributed by atoms with Gasteiger partial charge in [-0.3, -0.25) is 0 Å². The fourth-order valence-electron chi connectivity index (χ4n) is 1.58. The molecule has 88 valence electrons. The van der Waals surface area contributed by atoms with E-state index < -0.39 is 17.6 Å². The van der Waals surface area contributed by atoms with Crippen molar-refractivity contribution < 1.29 is 18.7 Å². The van der Waals surface area contributed by atoms with Crippen LogP contribution in [-0.4, -0.2) is 15.6 Å². The summed E-state index contributed by atoms with van der Waals surface area (Å²) in [5, 5.41) is 8.72. The molecule has 0 aliphatic rings. The van der Waals surface area contributed by atoms with Crippen LogP contribution in [0.5, 0.6) is 0 Å². The van der Waals surface area contributed by atoms with Crippen LogP contribution in [0.1, 0.15) is 15.9 Å². The standard InChI is InChI=1S/C12H9F2NO2/c13-10-3-8(4-11(14)5-10)6-15-2-1-9(7-15)12(16)17/h1-5,7H,6H2,(H,16,17). The predicted molar refractivity (Wildman–Crippen MR) is 56.9 cm³/mol. The van der Waals surface area contributed by atoms with Gasteiger partial charge in [-0.15, -0.1) is 0 Å². The molecule has 0 fully saturated rings. The first-order valence-corrected chi connectivity index (χ1v) is 4.88. The van der Waals surface area contributed by atoms with E-state index in [-0.39, 0.29) is 12.1 Å². The summed E-state index contributed by atoms with van der Waals surface area (Å²) in [6, 6.07) is 4.65. The summed E-state index contributed by atoms with van der Waals surface area (Å²) >= 11 is 0. The quantitative estimate of drug-likeness (QED) is 0.891. The van der Waals surface area contributed by atoms with Crippen molar-refractivity contribution in [2.45, 2.75) is 6.54 Å². The largest absolute Gasteiger partial charge is 0.478 e. The number of rotatable bonds is 3. The van der Waals surface area contributed by atoms with E-state index >= 15 is 0 Å². The summed E-state index contributed by atoms with van der Waals surface area (Å²) in [7, 11) is 0. The van der Waals surface area contributed by atoms with Crippen molar-refractivity contribution in [1.82, 2.24) is 4.57 Å². The third-order valence-corrected chi connectivity index (χ3v) is 2.28. The minimum Gasteiger partial charge on any atom is -0.478 e. The van der Waals surface area contributed by atoms with Crippen LogP contribution < -0.4 is 0 Å². The Balaban J connectivity index is 2.22. The zero-order chi connectivity index (χ0) is 12.4. The van der Waals surface area contributed by atoms with Gasteiger partial charge < -0.3 is 9.67 Å². The lowest BCUT2D eigenvalue weighted by atomic mass is 10.2. The first-order valence-electron chi connectivity index (χ1n) is 4.88. The van der Waals surface area contributed by atoms with Crippen molar-refractivity contribution in [3.8, 4) is 0 Å². The number of carboxylic acid groups (broad SMARTS) is 1. The highest BCUT2D eigenvalue weighted by atomic mass is 19.1. The number of carbonyl (C=O) groups is 1. The van der Waals surface area contributed by atoms with E-state index in [1.165, 1.54) is 24.4 Å². The molecule has 0 unspecified atom stereocenters. The highest BCUT2D eigenvalue weighted by Crippen LogP contribution is 2.11. The van der Waals surface area contributed by atoms with Gasteiger partial charge in [-0.05, 0) is 23.8 Å². The SMILES string of the molecule is O=C(O)c1ccn(Cc2cc(F)cc(F)c2)c1. The average Bonchev–Trinajstić information content (AvgIpc) is 2.64. The molecule has 3 nitrogen and oxygen atoms in total. The number of aromatic nitrogens is 1. The maximum atomic E-state index is 12.9. The van der Waals surface area contributed by atoms with E-state index in [1.807, 2.05) is 0 Å². The third kappa shape index (κ3) is 2.69. The highest BCUT2D eigenvalue weighted by Gasteiger charge is 2.06. The maximum Gasteiger partial charge on any atom is 0.337 e. The van der Waals surface area contributed by atoms with Crippen LogP contribution in [0.3, 0.4) is 0 Å². The molecule has 0 aliphatic heterocycles. The molecule has 2 rings (SSSR count). The second-order valence-corrected chi connectivity index (χ2v) is 3.66. The lowest BCUT2D eigenvalue weighted by Gasteiger charge is -2.03. The number of nitrogens with zero attached hydrogens (tertiary/aromatic N) is 1. The molecule has 0 amide bonds. The molecule has 0 saturated carbocycles. The molecular weight excluding hydrogens is 228 g/mol. The summed E-state index contributed by atoms with van der Waals surface area (Å²) in [6.45, 7) is 0.224. The second-order valence-electron chi connectivity index (χ2n) is 3.66. The Bertz CT molecular complexity index is 543. The summed E-state index contributed by atoms with van der Waals surface area (Å²) < 4.78 is 27.4. The Kier molecular flexibility index (Phi) is 2.91. The number of halogens is 2. The molecule has 0 saturated heterocycles. The number of aromatic carboxylic acids is 1. The fourth-order valence-corrected chi connectivity index (χ4v) is 1.58. The van der Waals surface area contributed by atoms with E-state index in [9.17, 15) is 13.6 Å². The molecule has 5 heteroatoms. The summed E-state index contributed by atoms with van der Waals surface area (Å²) in [5.41, 5.74) is 0.580. The van der Waals surface area contributed by atoms with E-state index in [0.717, 1.165) is 6.07 Å². The Morgan fingerprint density at radius 1 is 1.24 bits per heavy atom. The number of carboxylic acids is 1. The van der Waals surface area contributed by atoms with Gasteiger partial charge >= 0.3 is 5.97 Å². The fraction of sp³-hybridized carbons (Fsp3) is 0.0833. The van der Waals surface area contributed by atoms with Crippen LogP contribution in [-0.2, 0) is 6.54 Å². The number of benzene rings is 1. The van der Waals surface area contributed by atoms with Crippen molar-refractivity contribution in [2.24, 2.45) is 0 Å². The molecular formula is C12H9F2NO2. The van der Waals surface area contributed by atoms with Crippen molar-refractivity contribution >= 4 is 5.97 Å². The van der Waals surface area contributed by atoms with Crippen LogP contribution in [0.25, 0.3) is 0 Å². The zero-order valence-electron chi connectivity index (χ0n) is 8.73. The zero-order valence-corrected chi connectivity index (χ0v) is 8.73. The Hall–Kier alpha value is -2.17. The normalized spacial score (nSPS) is 10.5. The van der Waals surface area contributed by atoms with Crippen LogP contribution in [0.2, 0.25) is 0 Å². The minimum absolute atomic E-state index is 0.141. The van der Waals surface area contributed by atoms with Crippen LogP contribution >= 0.6 is 0 Å². The second kappa shape index (κ2) is 4.37. The van der Waals surface area contributed by atoms with Crippen molar-refractivity contribution in [3.05, 3.63) is 59.4 Å². The highest BCUT2D eigenvalue weighted by molar-refractivity contribution is 5.87. The first kappa shape index (κ1) is 11.3. The van der Waals surface area contributed by atoms with E-state index in [0.29, 0.717) is 5.56 Å². The Labute approximate surface area is 95.9 Å². The van der Waals surface area contributed by atoms with Crippen molar-refractivity contribution in [3.63, 3.8) is 0 Å². The van der Waals surface area contributed by atoms with Gasteiger partial charge in [0.15, 0.2) is 0 Å². The van der Waals surface area contributed by atoms with Gasteiger partial charge in [0.2, 0.25) is 0 Å². The van der Waals surface area contributed by atoms with Crippen molar-refractivity contribution in [2.75, 3.05) is 0 Å². The molecule has 1 aromatic heterocycles. The van der Waals surface area contributed by atoms with Crippen LogP contribution in [0.4, 0.5) is 8.78 Å². The minimum atomic E-state index is -1.03. The molecule has 0 radical (unpaired) electrons. The lowest BCUT2D eigenvalue weighted by Crippen LogP contribution is -1.99. The maximum absolute atomic E-state index is 12.9. The Morgan fingerprint density at radius 3 is 2.41 bits per heavy atom. The molecule has 1 N–H and O–H groups in total. The third-order valence-electron chi connectivity index (χ3n) is 2.28. The van der Waals surface area contributed by atoms with E-state index in [2.05, 4.69) is 0 Å². The van der Waals surface area contributed by atoms with Gasteiger partial charge in [-0.25, -0.2) is 13.6 Å². The van der Waals surface area contributed by atoms with Crippen molar-refractivity contribution in [1.29, 1.82) is 0 Å². The Morgan fingerprint density at radius 2 is 1.88 bits per heavy atom. The summed E-state index contributed by atoms with van der Waals surface area (Å²) in [6.07, 6.45) is 2.96. The summed E-state index contributed by atoms with van der Waals surface area (Å²) in [5.74, 6) is -2.33. The van der Waals surface area contributed by atoms with Gasteiger partial charge in [-0.1, -0.05) is 0 Å². The average molecular weight is 237 g/mol. The van der Waals surface area contributed by atoms with Gasteiger partial charge in [0.25, 0.3) is 0 Å². The van der Waals surface area contributed by atoms with Gasteiger partial charge in [0.05, 0.1) is 5.56 Å². The molecule has 2 aromatic rings. The molecule has 0 bridgehead atoms. The number of hydrogen-bond acceptors (Lipinski definition) is 1. The first-order chi connectivity index (χ1) is 8.04. The monoisotopic (exact) mass is 237 g/mol. The molecule has 17 heavy (non-hydrogen) atoms. The smallest absolute Gasteiger partial charge is 0.337 e. The van der Waals surface area contributed by atoms with Gasteiger partial charge in [0.1, 0.15) is 11.6 Å². The van der Waals surface area contributed by atoms with Gasteiger partial charge in [-0.2, -0.15) is 0 Å². The number of hydrogen-bond donors (Lipinski definition) is 1. The topological polar surface area (TPSA) is 42.2 Å². The molecule has 1 aromatic carbocycles. The van der Waals surface area contributed by atoms with Crippen LogP contribution in [0, 0.1) is 11.6 Å². The van der Waals surface area contributed by atoms with E-state index in [1.54, 1.807) is 10.8 Å². The van der Waals surface area contributed by atoms with Gasteiger partial charge in [0, 0.05) is 25.0 Å². The van der Waals surface area contributed by atoms with E-state index in [4.69, 9.17) is 5.11 Å².